The lowest BCUT2D eigenvalue weighted by Gasteiger charge is -2.48. The Morgan fingerprint density at radius 1 is 0.439 bits per heavy atom. The minimum absolute atomic E-state index is 0.657. The topological polar surface area (TPSA) is 3.24 Å². The first-order valence-electron chi connectivity index (χ1n) is 23.4. The molecule has 6 aliphatic rings. The Bertz CT molecular complexity index is 3620. The number of hydrogen-bond acceptors (Lipinski definition) is 1. The number of allylic oxidation sites excluding steroid dienone is 7. The standard InChI is InChI=1S/C65H45N/c1-40-34-55-50-28-15-9-22-44(50)35-57(55)63(41(40)2)66(64-58-36-45-23-10-16-29-51(45)56(58)39-54(42-18-5-3-6-19-42)62(64)43-20-7-4-8-21-43)61-32-31-53-49-27-14-12-25-47(49)38-60(53)65(61)33-17-30-52-48-26-13-11-24-46(48)37-59(52)65/h3-34,37-39H,35-36H2,1-2H3. The second-order valence-electron chi connectivity index (χ2n) is 18.8. The van der Waals surface area contributed by atoms with Crippen LogP contribution in [0.3, 0.4) is 0 Å². The van der Waals surface area contributed by atoms with Gasteiger partial charge in [-0.1, -0.05) is 188 Å². The van der Waals surface area contributed by atoms with Crippen LogP contribution >= 0.6 is 0 Å². The van der Waals surface area contributed by atoms with Crippen LogP contribution in [0, 0.1) is 19.3 Å². The summed E-state index contributed by atoms with van der Waals surface area (Å²) in [5.41, 5.74) is 31.9. The van der Waals surface area contributed by atoms with Crippen LogP contribution in [0.15, 0.2) is 217 Å². The molecule has 1 heteroatoms. The highest BCUT2D eigenvalue weighted by Gasteiger charge is 2.52. The highest BCUT2D eigenvalue weighted by molar-refractivity contribution is 6.09. The zero-order chi connectivity index (χ0) is 43.7. The van der Waals surface area contributed by atoms with Gasteiger partial charge in [0.25, 0.3) is 0 Å². The maximum atomic E-state index is 2.82. The number of benzene rings is 8. The zero-order valence-corrected chi connectivity index (χ0v) is 37.1. The van der Waals surface area contributed by atoms with E-state index in [0.717, 1.165) is 12.8 Å². The summed E-state index contributed by atoms with van der Waals surface area (Å²) in [6, 6.07) is 63.5. The molecule has 1 atom stereocenters. The summed E-state index contributed by atoms with van der Waals surface area (Å²) in [4.78, 5) is 2.82. The molecule has 0 heterocycles. The minimum atomic E-state index is -0.657. The van der Waals surface area contributed by atoms with Gasteiger partial charge in [-0.15, -0.1) is 0 Å². The van der Waals surface area contributed by atoms with Crippen LogP contribution in [0.4, 0.5) is 11.4 Å². The van der Waals surface area contributed by atoms with Gasteiger partial charge in [0, 0.05) is 24.1 Å². The first-order valence-corrected chi connectivity index (χ1v) is 23.4. The van der Waals surface area contributed by atoms with E-state index in [0.29, 0.717) is 0 Å². The summed E-state index contributed by atoms with van der Waals surface area (Å²) in [5.74, 6) is 0. The van der Waals surface area contributed by atoms with Crippen molar-refractivity contribution in [1.29, 1.82) is 0 Å². The SMILES string of the molecule is Cc1cc2c(c(N(C3=CC=C4C(=Cc5ccccc54)C34C=CC=C3C4=Cc4ccccc43)c3c4c(cc(-c5ccccc5)c3-c3ccccc3)-c3ccccc3C4)c1C)Cc1ccccc1-2. The molecule has 66 heavy (non-hydrogen) atoms. The van der Waals surface area contributed by atoms with Gasteiger partial charge < -0.3 is 4.90 Å². The average Bonchev–Trinajstić information content (AvgIpc) is 4.15. The summed E-state index contributed by atoms with van der Waals surface area (Å²) in [7, 11) is 0. The summed E-state index contributed by atoms with van der Waals surface area (Å²) >= 11 is 0. The normalized spacial score (nSPS) is 17.3. The van der Waals surface area contributed by atoms with Gasteiger partial charge in [-0.3, -0.25) is 0 Å². The van der Waals surface area contributed by atoms with Crippen molar-refractivity contribution in [2.45, 2.75) is 26.7 Å². The molecule has 1 spiro atoms. The molecule has 0 amide bonds. The van der Waals surface area contributed by atoms with Crippen LogP contribution in [0.1, 0.15) is 55.6 Å². The summed E-state index contributed by atoms with van der Waals surface area (Å²) in [6.07, 6.45) is 18.9. The molecule has 6 aliphatic carbocycles. The van der Waals surface area contributed by atoms with Crippen molar-refractivity contribution >= 4 is 34.7 Å². The highest BCUT2D eigenvalue weighted by Crippen LogP contribution is 2.65. The summed E-state index contributed by atoms with van der Waals surface area (Å²) in [6.45, 7) is 4.71. The van der Waals surface area contributed by atoms with Crippen LogP contribution in [-0.2, 0) is 12.8 Å². The van der Waals surface area contributed by atoms with Crippen molar-refractivity contribution in [1.82, 2.24) is 0 Å². The molecule has 8 aromatic carbocycles. The predicted octanol–water partition coefficient (Wildman–Crippen LogP) is 16.3. The third kappa shape index (κ3) is 5.11. The van der Waals surface area contributed by atoms with Gasteiger partial charge in [0.05, 0.1) is 16.8 Å². The van der Waals surface area contributed by atoms with E-state index >= 15 is 0 Å². The smallest absolute Gasteiger partial charge is 0.0803 e. The first-order chi connectivity index (χ1) is 32.6. The molecular weight excluding hydrogens is 795 g/mol. The Morgan fingerprint density at radius 2 is 0.955 bits per heavy atom. The molecule has 14 rings (SSSR count). The largest absolute Gasteiger partial charge is 0.311 e. The summed E-state index contributed by atoms with van der Waals surface area (Å²) in [5, 5.41) is 0. The Morgan fingerprint density at radius 3 is 1.59 bits per heavy atom. The maximum absolute atomic E-state index is 2.82. The zero-order valence-electron chi connectivity index (χ0n) is 37.1. The fourth-order valence-corrected chi connectivity index (χ4v) is 12.4. The lowest BCUT2D eigenvalue weighted by atomic mass is 9.62. The Kier molecular flexibility index (Phi) is 7.93. The second-order valence-corrected chi connectivity index (χ2v) is 18.8. The number of anilines is 2. The monoisotopic (exact) mass is 839 g/mol. The van der Waals surface area contributed by atoms with Crippen molar-refractivity contribution in [3.8, 4) is 44.5 Å². The average molecular weight is 840 g/mol. The van der Waals surface area contributed by atoms with Crippen molar-refractivity contribution in [2.75, 3.05) is 4.90 Å². The number of nitrogens with zero attached hydrogens (tertiary/aromatic N) is 1. The third-order valence-corrected chi connectivity index (χ3v) is 15.5. The highest BCUT2D eigenvalue weighted by atomic mass is 15.2. The van der Waals surface area contributed by atoms with Crippen LogP contribution in [0.25, 0.3) is 67.8 Å². The van der Waals surface area contributed by atoms with Crippen LogP contribution in [-0.4, -0.2) is 0 Å². The van der Waals surface area contributed by atoms with Gasteiger partial charge in [-0.25, -0.2) is 0 Å². The van der Waals surface area contributed by atoms with E-state index in [9.17, 15) is 0 Å². The number of aryl methyl sites for hydroxylation is 1. The van der Waals surface area contributed by atoms with Crippen LogP contribution in [0.5, 0.6) is 0 Å². The molecule has 0 aromatic heterocycles. The van der Waals surface area contributed by atoms with Gasteiger partial charge in [0.2, 0.25) is 0 Å². The fourth-order valence-electron chi connectivity index (χ4n) is 12.4. The lowest BCUT2D eigenvalue weighted by molar-refractivity contribution is 0.675. The quantitative estimate of drug-likeness (QED) is 0.167. The summed E-state index contributed by atoms with van der Waals surface area (Å²) < 4.78 is 0. The minimum Gasteiger partial charge on any atom is -0.311 e. The van der Waals surface area contributed by atoms with Gasteiger partial charge in [-0.2, -0.15) is 0 Å². The number of fused-ring (bicyclic) bond motifs is 14. The second kappa shape index (κ2) is 14.0. The van der Waals surface area contributed by atoms with E-state index in [4.69, 9.17) is 0 Å². The van der Waals surface area contributed by atoms with Gasteiger partial charge in [0.15, 0.2) is 0 Å². The van der Waals surface area contributed by atoms with Crippen LogP contribution in [0.2, 0.25) is 0 Å². The molecule has 0 N–H and O–H groups in total. The van der Waals surface area contributed by atoms with Crippen LogP contribution < -0.4 is 4.90 Å². The molecule has 8 aromatic rings. The Labute approximate surface area is 387 Å². The van der Waals surface area contributed by atoms with E-state index in [1.165, 1.54) is 140 Å². The fraction of sp³-hybridized carbons (Fsp3) is 0.0769. The van der Waals surface area contributed by atoms with E-state index in [1.54, 1.807) is 0 Å². The molecule has 0 radical (unpaired) electrons. The Balaban J connectivity index is 1.17. The molecule has 0 aliphatic heterocycles. The molecule has 1 nitrogen and oxygen atoms in total. The van der Waals surface area contributed by atoms with E-state index in [2.05, 4.69) is 231 Å². The van der Waals surface area contributed by atoms with Crippen molar-refractivity contribution < 1.29 is 0 Å². The van der Waals surface area contributed by atoms with E-state index in [-0.39, 0.29) is 0 Å². The Hall–Kier alpha value is -8.00. The lowest BCUT2D eigenvalue weighted by Crippen LogP contribution is -2.38. The van der Waals surface area contributed by atoms with Crippen molar-refractivity contribution in [3.05, 3.63) is 273 Å². The van der Waals surface area contributed by atoms with E-state index in [1.807, 2.05) is 0 Å². The molecule has 0 fully saturated rings. The molecule has 0 saturated heterocycles. The predicted molar refractivity (Wildman–Crippen MR) is 276 cm³/mol. The maximum Gasteiger partial charge on any atom is 0.0803 e. The van der Waals surface area contributed by atoms with Gasteiger partial charge in [-0.05, 0) is 155 Å². The first kappa shape index (κ1) is 37.4. The molecule has 0 saturated carbocycles. The van der Waals surface area contributed by atoms with Crippen molar-refractivity contribution in [3.63, 3.8) is 0 Å². The number of hydrogen-bond donors (Lipinski definition) is 0. The third-order valence-electron chi connectivity index (χ3n) is 15.5. The van der Waals surface area contributed by atoms with Crippen molar-refractivity contribution in [2.24, 2.45) is 5.41 Å². The molecule has 0 bridgehead atoms. The number of rotatable bonds is 5. The van der Waals surface area contributed by atoms with Gasteiger partial charge >= 0.3 is 0 Å². The molecule has 310 valence electrons. The van der Waals surface area contributed by atoms with E-state index < -0.39 is 5.41 Å². The van der Waals surface area contributed by atoms with Gasteiger partial charge in [0.1, 0.15) is 0 Å². The molecule has 1 unspecified atom stereocenters. The molecular formula is C65H45N.